The van der Waals surface area contributed by atoms with Gasteiger partial charge in [0.15, 0.2) is 0 Å². The third-order valence-corrected chi connectivity index (χ3v) is 7.52. The Hall–Kier alpha value is -3.89. The highest BCUT2D eigenvalue weighted by molar-refractivity contribution is 7.99. The monoisotopic (exact) mass is 632 g/mol. The first kappa shape index (κ1) is 34.0. The molecule has 10 nitrogen and oxygen atoms in total. The molecule has 3 aromatic carbocycles. The van der Waals surface area contributed by atoms with E-state index in [0.717, 1.165) is 31.9 Å². The standard InChI is InChI=1S/C34H40N4O6S/c1-35-34(39)30-5-3-4-6-33(30)45-28-12-13-29-31(37-38-32(29)25-28)14-9-26-7-10-27(11-8-26)36-15-16-41-19-20-43-23-24-44-22-21-42-18-17-40-2/h3-8,10-13,25,36H,15-24H2,1-2H3,(H,35,39)(H,37,38). The first-order valence-corrected chi connectivity index (χ1v) is 15.6. The number of carbonyl (C=O) groups is 1. The van der Waals surface area contributed by atoms with Crippen LogP contribution >= 0.6 is 11.8 Å². The maximum Gasteiger partial charge on any atom is 0.252 e. The molecule has 1 heterocycles. The van der Waals surface area contributed by atoms with E-state index in [4.69, 9.17) is 23.7 Å². The number of methoxy groups -OCH3 is 1. The molecule has 4 rings (SSSR count). The van der Waals surface area contributed by atoms with Gasteiger partial charge in [0, 0.05) is 47.1 Å². The van der Waals surface area contributed by atoms with E-state index in [1.807, 2.05) is 66.7 Å². The molecule has 0 aliphatic carbocycles. The lowest BCUT2D eigenvalue weighted by Crippen LogP contribution is -2.18. The van der Waals surface area contributed by atoms with E-state index in [0.29, 0.717) is 77.3 Å². The molecule has 0 unspecified atom stereocenters. The van der Waals surface area contributed by atoms with Gasteiger partial charge < -0.3 is 34.3 Å². The average molecular weight is 633 g/mol. The summed E-state index contributed by atoms with van der Waals surface area (Å²) in [5.74, 6) is 6.28. The van der Waals surface area contributed by atoms with Crippen LogP contribution < -0.4 is 10.6 Å². The van der Waals surface area contributed by atoms with Crippen LogP contribution in [0.15, 0.2) is 76.5 Å². The van der Waals surface area contributed by atoms with Crippen molar-refractivity contribution in [2.45, 2.75) is 9.79 Å². The van der Waals surface area contributed by atoms with E-state index in [9.17, 15) is 4.79 Å². The summed E-state index contributed by atoms with van der Waals surface area (Å²) in [5.41, 5.74) is 4.11. The van der Waals surface area contributed by atoms with E-state index in [2.05, 4.69) is 32.7 Å². The third-order valence-electron chi connectivity index (χ3n) is 6.45. The zero-order valence-electron chi connectivity index (χ0n) is 25.7. The minimum atomic E-state index is -0.108. The first-order chi connectivity index (χ1) is 22.2. The highest BCUT2D eigenvalue weighted by atomic mass is 32.2. The summed E-state index contributed by atoms with van der Waals surface area (Å²) in [4.78, 5) is 14.1. The van der Waals surface area contributed by atoms with Crippen LogP contribution in [-0.2, 0) is 23.7 Å². The fraction of sp³-hybridized carbons (Fsp3) is 0.353. The van der Waals surface area contributed by atoms with E-state index in [1.165, 1.54) is 11.8 Å². The quantitative estimate of drug-likeness (QED) is 0.101. The molecule has 0 bridgehead atoms. The molecule has 0 spiro atoms. The Bertz CT molecular complexity index is 1530. The van der Waals surface area contributed by atoms with Crippen molar-refractivity contribution in [1.29, 1.82) is 0 Å². The molecular formula is C34H40N4O6S. The van der Waals surface area contributed by atoms with Gasteiger partial charge in [-0.2, -0.15) is 5.10 Å². The fourth-order valence-electron chi connectivity index (χ4n) is 4.14. The number of hydrogen-bond acceptors (Lipinski definition) is 9. The molecule has 3 N–H and O–H groups in total. The minimum absolute atomic E-state index is 0.108. The first-order valence-electron chi connectivity index (χ1n) is 14.8. The van der Waals surface area contributed by atoms with Gasteiger partial charge in [0.25, 0.3) is 5.91 Å². The zero-order valence-corrected chi connectivity index (χ0v) is 26.5. The summed E-state index contributed by atoms with van der Waals surface area (Å²) < 4.78 is 26.8. The van der Waals surface area contributed by atoms with Gasteiger partial charge in [0.2, 0.25) is 0 Å². The predicted octanol–water partition coefficient (Wildman–Crippen LogP) is 4.60. The second-order valence-electron chi connectivity index (χ2n) is 9.65. The zero-order chi connectivity index (χ0) is 31.5. The highest BCUT2D eigenvalue weighted by Gasteiger charge is 2.11. The SMILES string of the molecule is CNC(=O)c1ccccc1Sc1ccc2c(C#Cc3ccc(NCCOCCOCCOCCOCCOC)cc3)n[nH]c2c1. The number of fused-ring (bicyclic) bond motifs is 1. The number of amides is 1. The van der Waals surface area contributed by atoms with E-state index < -0.39 is 0 Å². The minimum Gasteiger partial charge on any atom is -0.383 e. The number of aromatic amines is 1. The molecular weight excluding hydrogens is 592 g/mol. The maximum atomic E-state index is 12.2. The summed E-state index contributed by atoms with van der Waals surface area (Å²) in [7, 11) is 3.28. The smallest absolute Gasteiger partial charge is 0.252 e. The number of H-pyrrole nitrogens is 1. The number of anilines is 1. The summed E-state index contributed by atoms with van der Waals surface area (Å²) in [6, 6.07) is 21.6. The molecule has 0 radical (unpaired) electrons. The maximum absolute atomic E-state index is 12.2. The van der Waals surface area contributed by atoms with Gasteiger partial charge in [-0.05, 0) is 60.5 Å². The molecule has 1 aromatic heterocycles. The molecule has 0 fully saturated rings. The van der Waals surface area contributed by atoms with Crippen LogP contribution in [-0.4, -0.2) is 96.3 Å². The number of ether oxygens (including phenoxy) is 5. The van der Waals surface area contributed by atoms with Gasteiger partial charge in [0.1, 0.15) is 5.69 Å². The molecule has 0 aliphatic heterocycles. The molecule has 11 heteroatoms. The van der Waals surface area contributed by atoms with Crippen molar-refractivity contribution in [3.05, 3.63) is 83.6 Å². The molecule has 4 aromatic rings. The van der Waals surface area contributed by atoms with Gasteiger partial charge in [-0.3, -0.25) is 9.89 Å². The summed E-state index contributed by atoms with van der Waals surface area (Å²) >= 11 is 1.54. The summed E-state index contributed by atoms with van der Waals surface area (Å²) in [6.45, 7) is 5.66. The number of aromatic nitrogens is 2. The molecule has 238 valence electrons. The lowest BCUT2D eigenvalue weighted by Gasteiger charge is -2.09. The van der Waals surface area contributed by atoms with Crippen LogP contribution in [0.2, 0.25) is 0 Å². The van der Waals surface area contributed by atoms with Crippen LogP contribution in [0.4, 0.5) is 5.69 Å². The molecule has 0 atom stereocenters. The van der Waals surface area contributed by atoms with E-state index in [-0.39, 0.29) is 5.91 Å². The number of hydrogen-bond donors (Lipinski definition) is 3. The Morgan fingerprint density at radius 3 is 2.18 bits per heavy atom. The fourth-order valence-corrected chi connectivity index (χ4v) is 5.12. The Balaban J connectivity index is 1.14. The van der Waals surface area contributed by atoms with Crippen LogP contribution in [0.1, 0.15) is 21.6 Å². The van der Waals surface area contributed by atoms with Gasteiger partial charge in [-0.15, -0.1) is 0 Å². The van der Waals surface area contributed by atoms with E-state index in [1.54, 1.807) is 14.2 Å². The number of nitrogens with zero attached hydrogens (tertiary/aromatic N) is 1. The predicted molar refractivity (Wildman–Crippen MR) is 176 cm³/mol. The third kappa shape index (κ3) is 11.5. The second-order valence-corrected chi connectivity index (χ2v) is 10.8. The van der Waals surface area contributed by atoms with E-state index >= 15 is 0 Å². The van der Waals surface area contributed by atoms with Gasteiger partial charge in [-0.1, -0.05) is 29.8 Å². The molecule has 0 aliphatic rings. The second kappa shape index (κ2) is 19.5. The van der Waals surface area contributed by atoms with Crippen molar-refractivity contribution in [1.82, 2.24) is 15.5 Å². The van der Waals surface area contributed by atoms with Crippen LogP contribution in [0.25, 0.3) is 10.9 Å². The lowest BCUT2D eigenvalue weighted by molar-refractivity contribution is -0.00700. The van der Waals surface area contributed by atoms with Crippen LogP contribution in [0, 0.1) is 11.8 Å². The van der Waals surface area contributed by atoms with Gasteiger partial charge >= 0.3 is 0 Å². The van der Waals surface area contributed by atoms with Crippen molar-refractivity contribution >= 4 is 34.3 Å². The topological polar surface area (TPSA) is 116 Å². The number of carbonyl (C=O) groups excluding carboxylic acids is 1. The largest absolute Gasteiger partial charge is 0.383 e. The Kier molecular flexibility index (Phi) is 14.7. The van der Waals surface area contributed by atoms with Crippen molar-refractivity contribution in [2.24, 2.45) is 0 Å². The Morgan fingerprint density at radius 2 is 1.49 bits per heavy atom. The van der Waals surface area contributed by atoms with Crippen molar-refractivity contribution < 1.29 is 28.5 Å². The lowest BCUT2D eigenvalue weighted by atomic mass is 10.2. The molecule has 1 amide bonds. The number of benzene rings is 3. The molecule has 45 heavy (non-hydrogen) atoms. The normalized spacial score (nSPS) is 10.9. The van der Waals surface area contributed by atoms with Crippen LogP contribution in [0.3, 0.4) is 0 Å². The highest BCUT2D eigenvalue weighted by Crippen LogP contribution is 2.32. The van der Waals surface area contributed by atoms with Crippen LogP contribution in [0.5, 0.6) is 0 Å². The number of nitrogens with one attached hydrogen (secondary N) is 3. The van der Waals surface area contributed by atoms with Gasteiger partial charge in [0.05, 0.1) is 70.5 Å². The molecule has 0 saturated carbocycles. The van der Waals surface area contributed by atoms with Crippen molar-refractivity contribution in [3.63, 3.8) is 0 Å². The van der Waals surface area contributed by atoms with Crippen molar-refractivity contribution in [3.8, 4) is 11.8 Å². The summed E-state index contributed by atoms with van der Waals surface area (Å²) in [5, 5.41) is 14.5. The van der Waals surface area contributed by atoms with Gasteiger partial charge in [-0.25, -0.2) is 0 Å². The Labute approximate surface area is 268 Å². The Morgan fingerprint density at radius 1 is 0.822 bits per heavy atom. The van der Waals surface area contributed by atoms with Crippen molar-refractivity contribution in [2.75, 3.05) is 85.5 Å². The summed E-state index contributed by atoms with van der Waals surface area (Å²) in [6.07, 6.45) is 0. The number of rotatable bonds is 19. The average Bonchev–Trinajstić information content (AvgIpc) is 3.48. The molecule has 0 saturated heterocycles.